The van der Waals surface area contributed by atoms with Crippen molar-refractivity contribution in [2.24, 2.45) is 4.99 Å². The van der Waals surface area contributed by atoms with Gasteiger partial charge in [0.25, 0.3) is 0 Å². The van der Waals surface area contributed by atoms with Crippen molar-refractivity contribution in [1.29, 1.82) is 0 Å². The van der Waals surface area contributed by atoms with E-state index in [1.807, 2.05) is 0 Å². The number of hydrogen-bond acceptors (Lipinski definition) is 4. The molecule has 0 saturated heterocycles. The molecule has 1 aromatic carbocycles. The molecule has 0 unspecified atom stereocenters. The number of alkyl halides is 3. The van der Waals surface area contributed by atoms with Crippen molar-refractivity contribution in [2.75, 3.05) is 33.8 Å². The van der Waals surface area contributed by atoms with E-state index in [-0.39, 0.29) is 12.4 Å². The Kier molecular flexibility index (Phi) is 7.40. The van der Waals surface area contributed by atoms with E-state index in [9.17, 15) is 17.6 Å². The number of ether oxygens (including phenoxy) is 1. The summed E-state index contributed by atoms with van der Waals surface area (Å²) in [5.41, 5.74) is -0.866. The monoisotopic (exact) mass is 404 g/mol. The van der Waals surface area contributed by atoms with Gasteiger partial charge < -0.3 is 15.0 Å². The summed E-state index contributed by atoms with van der Waals surface area (Å²) in [6, 6.07) is 6.14. The van der Waals surface area contributed by atoms with Gasteiger partial charge in [-0.15, -0.1) is 11.3 Å². The Morgan fingerprint density at radius 2 is 2.07 bits per heavy atom. The summed E-state index contributed by atoms with van der Waals surface area (Å²) in [5.74, 6) is 0.308. The number of aliphatic imine (C=N–C) groups is 1. The molecule has 1 aromatic heterocycles. The minimum absolute atomic E-state index is 0.179. The van der Waals surface area contributed by atoms with Crippen LogP contribution >= 0.6 is 11.3 Å². The van der Waals surface area contributed by atoms with Crippen LogP contribution in [-0.2, 0) is 12.6 Å². The van der Waals surface area contributed by atoms with Gasteiger partial charge in [-0.3, -0.25) is 4.99 Å². The average molecular weight is 404 g/mol. The minimum atomic E-state index is -4.42. The molecule has 10 heteroatoms. The van der Waals surface area contributed by atoms with Crippen LogP contribution < -0.4 is 10.1 Å². The summed E-state index contributed by atoms with van der Waals surface area (Å²) in [5, 5.41) is 4.47. The normalized spacial score (nSPS) is 12.1. The minimum Gasteiger partial charge on any atom is -0.489 e. The molecule has 0 spiro atoms. The number of rotatable bonds is 7. The SMILES string of the molecule is CN=C(NCCc1nc(C(F)(F)F)cs1)N(C)CCOc1ccccc1F. The van der Waals surface area contributed by atoms with Crippen LogP contribution in [0.3, 0.4) is 0 Å². The predicted octanol–water partition coefficient (Wildman–Crippen LogP) is 3.43. The third-order valence-electron chi connectivity index (χ3n) is 3.56. The number of likely N-dealkylation sites (N-methyl/N-ethyl adjacent to an activating group) is 1. The number of thiazole rings is 1. The maximum atomic E-state index is 13.5. The zero-order chi connectivity index (χ0) is 19.9. The Hall–Kier alpha value is -2.36. The maximum absolute atomic E-state index is 13.5. The summed E-state index contributed by atoms with van der Waals surface area (Å²) < 4.78 is 56.5. The van der Waals surface area contributed by atoms with Crippen LogP contribution in [0.2, 0.25) is 0 Å². The van der Waals surface area contributed by atoms with Crippen LogP contribution in [0.4, 0.5) is 17.6 Å². The lowest BCUT2D eigenvalue weighted by Gasteiger charge is -2.22. The van der Waals surface area contributed by atoms with Crippen molar-refractivity contribution in [3.63, 3.8) is 0 Å². The van der Waals surface area contributed by atoms with Crippen molar-refractivity contribution in [3.05, 3.63) is 46.2 Å². The summed E-state index contributed by atoms with van der Waals surface area (Å²) in [7, 11) is 3.38. The molecule has 2 aromatic rings. The Bertz CT molecular complexity index is 763. The first-order valence-corrected chi connectivity index (χ1v) is 9.00. The molecule has 0 atom stereocenters. The second-order valence-corrected chi connectivity index (χ2v) is 6.49. The molecule has 0 aliphatic carbocycles. The summed E-state index contributed by atoms with van der Waals surface area (Å²) >= 11 is 0.977. The van der Waals surface area contributed by atoms with E-state index in [0.717, 1.165) is 16.7 Å². The Balaban J connectivity index is 1.76. The van der Waals surface area contributed by atoms with Crippen LogP contribution in [0.1, 0.15) is 10.7 Å². The van der Waals surface area contributed by atoms with Crippen molar-refractivity contribution in [2.45, 2.75) is 12.6 Å². The molecule has 5 nitrogen and oxygen atoms in total. The quantitative estimate of drug-likeness (QED) is 0.436. The highest BCUT2D eigenvalue weighted by Crippen LogP contribution is 2.30. The number of halogens is 4. The van der Waals surface area contributed by atoms with E-state index in [0.29, 0.717) is 30.5 Å². The van der Waals surface area contributed by atoms with E-state index in [1.165, 1.54) is 6.07 Å². The van der Waals surface area contributed by atoms with E-state index >= 15 is 0 Å². The third-order valence-corrected chi connectivity index (χ3v) is 4.47. The molecule has 0 aliphatic heterocycles. The number of aromatic nitrogens is 1. The Morgan fingerprint density at radius 1 is 1.33 bits per heavy atom. The second-order valence-electron chi connectivity index (χ2n) is 5.55. The molecule has 27 heavy (non-hydrogen) atoms. The molecule has 0 bridgehead atoms. The van der Waals surface area contributed by atoms with Gasteiger partial charge in [-0.05, 0) is 12.1 Å². The number of nitrogens with zero attached hydrogens (tertiary/aromatic N) is 3. The summed E-state index contributed by atoms with van der Waals surface area (Å²) in [6.45, 7) is 1.08. The first-order chi connectivity index (χ1) is 12.8. The zero-order valence-electron chi connectivity index (χ0n) is 14.9. The van der Waals surface area contributed by atoms with Gasteiger partial charge in [-0.25, -0.2) is 9.37 Å². The molecular formula is C17H20F4N4OS. The van der Waals surface area contributed by atoms with Gasteiger partial charge in [0.05, 0.1) is 11.6 Å². The first kappa shape index (κ1) is 20.9. The van der Waals surface area contributed by atoms with Gasteiger partial charge in [-0.1, -0.05) is 12.1 Å². The largest absolute Gasteiger partial charge is 0.489 e. The predicted molar refractivity (Wildman–Crippen MR) is 96.7 cm³/mol. The number of guanidine groups is 1. The van der Waals surface area contributed by atoms with Crippen molar-refractivity contribution < 1.29 is 22.3 Å². The fourth-order valence-corrected chi connectivity index (χ4v) is 2.99. The number of para-hydroxylation sites is 1. The number of hydrogen-bond donors (Lipinski definition) is 1. The van der Waals surface area contributed by atoms with E-state index in [4.69, 9.17) is 4.74 Å². The molecule has 0 fully saturated rings. The van der Waals surface area contributed by atoms with Crippen LogP contribution in [0, 0.1) is 5.82 Å². The average Bonchev–Trinajstić information content (AvgIpc) is 3.09. The molecule has 0 amide bonds. The fraction of sp³-hybridized carbons (Fsp3) is 0.412. The van der Waals surface area contributed by atoms with Crippen molar-refractivity contribution in [1.82, 2.24) is 15.2 Å². The zero-order valence-corrected chi connectivity index (χ0v) is 15.7. The highest BCUT2D eigenvalue weighted by Gasteiger charge is 2.33. The molecular weight excluding hydrogens is 384 g/mol. The topological polar surface area (TPSA) is 49.8 Å². The molecule has 1 N–H and O–H groups in total. The van der Waals surface area contributed by atoms with Gasteiger partial charge in [-0.2, -0.15) is 13.2 Å². The molecule has 0 aliphatic rings. The van der Waals surface area contributed by atoms with Crippen molar-refractivity contribution in [3.8, 4) is 5.75 Å². The Morgan fingerprint density at radius 3 is 2.70 bits per heavy atom. The van der Waals surface area contributed by atoms with Gasteiger partial charge in [0.15, 0.2) is 23.2 Å². The number of benzene rings is 1. The van der Waals surface area contributed by atoms with Gasteiger partial charge in [0.2, 0.25) is 0 Å². The lowest BCUT2D eigenvalue weighted by atomic mass is 10.3. The smallest absolute Gasteiger partial charge is 0.434 e. The number of nitrogens with one attached hydrogen (secondary N) is 1. The lowest BCUT2D eigenvalue weighted by Crippen LogP contribution is -2.41. The van der Waals surface area contributed by atoms with E-state index in [1.54, 1.807) is 37.2 Å². The second kappa shape index (κ2) is 9.54. The van der Waals surface area contributed by atoms with Crippen LogP contribution in [0.15, 0.2) is 34.6 Å². The maximum Gasteiger partial charge on any atom is 0.434 e. The molecule has 148 valence electrons. The van der Waals surface area contributed by atoms with E-state index in [2.05, 4.69) is 15.3 Å². The van der Waals surface area contributed by atoms with E-state index < -0.39 is 17.7 Å². The van der Waals surface area contributed by atoms with Gasteiger partial charge in [0.1, 0.15) is 6.61 Å². The molecule has 2 rings (SSSR count). The fourth-order valence-electron chi connectivity index (χ4n) is 2.18. The third kappa shape index (κ3) is 6.38. The first-order valence-electron chi connectivity index (χ1n) is 8.12. The molecule has 1 heterocycles. The lowest BCUT2D eigenvalue weighted by molar-refractivity contribution is -0.140. The standard InChI is InChI=1S/C17H20F4N4OS/c1-22-16(23-8-7-15-24-14(11-27-15)17(19,20)21)25(2)9-10-26-13-6-4-3-5-12(13)18/h3-6,11H,7-10H2,1-2H3,(H,22,23). The van der Waals surface area contributed by atoms with Crippen LogP contribution in [0.25, 0.3) is 0 Å². The van der Waals surface area contributed by atoms with Crippen LogP contribution in [0.5, 0.6) is 5.75 Å². The molecule has 0 radical (unpaired) electrons. The van der Waals surface area contributed by atoms with Crippen LogP contribution in [-0.4, -0.2) is 49.6 Å². The summed E-state index contributed by atoms with van der Waals surface area (Å²) in [6.07, 6.45) is -4.07. The summed E-state index contributed by atoms with van der Waals surface area (Å²) in [4.78, 5) is 9.48. The van der Waals surface area contributed by atoms with Gasteiger partial charge in [0, 0.05) is 32.4 Å². The van der Waals surface area contributed by atoms with Gasteiger partial charge >= 0.3 is 6.18 Å². The van der Waals surface area contributed by atoms with Crippen molar-refractivity contribution >= 4 is 17.3 Å². The highest BCUT2D eigenvalue weighted by atomic mass is 32.1. The molecule has 0 saturated carbocycles. The highest BCUT2D eigenvalue weighted by molar-refractivity contribution is 7.09. The Labute approximate surface area is 158 Å².